The molecular formula is C28H31ClN2O3S. The SMILES string of the molecule is CC[C@@H](NC(=O)CN(c1cccc(Cl)c1C)S(=O)(=O)c1ccccc1)c1ccc2c(c1)CCCC2. The Morgan fingerprint density at radius 2 is 1.71 bits per heavy atom. The van der Waals surface area contributed by atoms with Gasteiger partial charge < -0.3 is 5.32 Å². The van der Waals surface area contributed by atoms with Crippen molar-refractivity contribution in [2.45, 2.75) is 56.9 Å². The summed E-state index contributed by atoms with van der Waals surface area (Å²) in [6, 6.07) is 19.5. The smallest absolute Gasteiger partial charge is 0.264 e. The molecule has 0 radical (unpaired) electrons. The van der Waals surface area contributed by atoms with Crippen LogP contribution in [0.4, 0.5) is 5.69 Å². The molecule has 35 heavy (non-hydrogen) atoms. The van der Waals surface area contributed by atoms with Crippen molar-refractivity contribution in [3.05, 3.63) is 94.0 Å². The first-order chi connectivity index (χ1) is 16.8. The van der Waals surface area contributed by atoms with Crippen LogP contribution in [0, 0.1) is 6.92 Å². The highest BCUT2D eigenvalue weighted by molar-refractivity contribution is 7.92. The minimum absolute atomic E-state index is 0.119. The van der Waals surface area contributed by atoms with Crippen LogP contribution >= 0.6 is 11.6 Å². The molecule has 0 aromatic heterocycles. The summed E-state index contributed by atoms with van der Waals surface area (Å²) >= 11 is 6.31. The molecule has 1 aliphatic rings. The minimum atomic E-state index is -3.99. The maximum absolute atomic E-state index is 13.6. The maximum Gasteiger partial charge on any atom is 0.264 e. The number of hydrogen-bond acceptors (Lipinski definition) is 3. The quantitative estimate of drug-likeness (QED) is 0.404. The third kappa shape index (κ3) is 5.54. The number of sulfonamides is 1. The van der Waals surface area contributed by atoms with Crippen molar-refractivity contribution in [1.82, 2.24) is 5.32 Å². The summed E-state index contributed by atoms with van der Waals surface area (Å²) in [6.07, 6.45) is 5.26. The first-order valence-electron chi connectivity index (χ1n) is 12.0. The molecule has 0 fully saturated rings. The van der Waals surface area contributed by atoms with Gasteiger partial charge in [0.25, 0.3) is 10.0 Å². The highest BCUT2D eigenvalue weighted by atomic mass is 35.5. The van der Waals surface area contributed by atoms with Crippen LogP contribution in [-0.2, 0) is 27.7 Å². The maximum atomic E-state index is 13.6. The molecule has 1 atom stereocenters. The number of nitrogens with zero attached hydrogens (tertiary/aromatic N) is 1. The largest absolute Gasteiger partial charge is 0.348 e. The minimum Gasteiger partial charge on any atom is -0.348 e. The highest BCUT2D eigenvalue weighted by Gasteiger charge is 2.29. The Labute approximate surface area is 213 Å². The lowest BCUT2D eigenvalue weighted by molar-refractivity contribution is -0.120. The Hall–Kier alpha value is -2.83. The zero-order chi connectivity index (χ0) is 25.0. The second-order valence-corrected chi connectivity index (χ2v) is 11.2. The molecule has 0 heterocycles. The number of anilines is 1. The molecule has 3 aromatic carbocycles. The van der Waals surface area contributed by atoms with Crippen molar-refractivity contribution in [1.29, 1.82) is 0 Å². The molecule has 0 spiro atoms. The summed E-state index contributed by atoms with van der Waals surface area (Å²) in [4.78, 5) is 13.4. The fourth-order valence-electron chi connectivity index (χ4n) is 4.65. The van der Waals surface area contributed by atoms with E-state index < -0.39 is 10.0 Å². The van der Waals surface area contributed by atoms with E-state index in [2.05, 4.69) is 23.5 Å². The first-order valence-corrected chi connectivity index (χ1v) is 13.9. The summed E-state index contributed by atoms with van der Waals surface area (Å²) in [5.74, 6) is -0.367. The molecule has 1 amide bonds. The third-order valence-electron chi connectivity index (χ3n) is 6.64. The van der Waals surface area contributed by atoms with Crippen molar-refractivity contribution in [3.8, 4) is 0 Å². The predicted molar refractivity (Wildman–Crippen MR) is 141 cm³/mol. The number of hydrogen-bond donors (Lipinski definition) is 1. The molecule has 0 aliphatic heterocycles. The summed E-state index contributed by atoms with van der Waals surface area (Å²) < 4.78 is 28.4. The molecule has 3 aromatic rings. The van der Waals surface area contributed by atoms with Gasteiger partial charge in [-0.25, -0.2) is 8.42 Å². The van der Waals surface area contributed by atoms with Gasteiger partial charge in [-0.2, -0.15) is 0 Å². The monoisotopic (exact) mass is 510 g/mol. The average Bonchev–Trinajstić information content (AvgIpc) is 2.88. The van der Waals surface area contributed by atoms with E-state index in [9.17, 15) is 13.2 Å². The number of benzene rings is 3. The van der Waals surface area contributed by atoms with E-state index in [1.165, 1.54) is 36.1 Å². The Bertz CT molecular complexity index is 1310. The molecule has 0 saturated heterocycles. The van der Waals surface area contributed by atoms with E-state index in [1.54, 1.807) is 43.3 Å². The van der Waals surface area contributed by atoms with Crippen LogP contribution in [0.3, 0.4) is 0 Å². The van der Waals surface area contributed by atoms with E-state index >= 15 is 0 Å². The van der Waals surface area contributed by atoms with Gasteiger partial charge in [-0.05, 0) is 85.5 Å². The molecule has 4 rings (SSSR count). The summed E-state index contributed by atoms with van der Waals surface area (Å²) in [5, 5.41) is 3.51. The fourth-order valence-corrected chi connectivity index (χ4v) is 6.32. The number of amides is 1. The number of carbonyl (C=O) groups is 1. The standard InChI is InChI=1S/C28H31ClN2O3S/c1-3-26(23-17-16-21-10-7-8-11-22(21)18-23)30-28(32)19-31(27-15-9-14-25(29)20(27)2)35(33,34)24-12-5-4-6-13-24/h4-6,9,12-18,26H,3,7-8,10-11,19H2,1-2H3,(H,30,32)/t26-/m1/s1. The van der Waals surface area contributed by atoms with Crippen molar-refractivity contribution >= 4 is 33.2 Å². The molecule has 5 nitrogen and oxygen atoms in total. The van der Waals surface area contributed by atoms with Gasteiger partial charge in [-0.1, -0.05) is 61.0 Å². The number of fused-ring (bicyclic) bond motifs is 1. The Morgan fingerprint density at radius 1 is 1.00 bits per heavy atom. The molecule has 7 heteroatoms. The normalized spacial score (nSPS) is 14.1. The molecular weight excluding hydrogens is 480 g/mol. The first kappa shape index (κ1) is 25.3. The van der Waals surface area contributed by atoms with E-state index in [0.29, 0.717) is 22.7 Å². The van der Waals surface area contributed by atoms with Crippen molar-refractivity contribution in [2.24, 2.45) is 0 Å². The number of aryl methyl sites for hydroxylation is 2. The van der Waals surface area contributed by atoms with Crippen LogP contribution in [0.2, 0.25) is 5.02 Å². The van der Waals surface area contributed by atoms with Gasteiger partial charge in [0.15, 0.2) is 0 Å². The Morgan fingerprint density at radius 3 is 2.43 bits per heavy atom. The fraction of sp³-hybridized carbons (Fsp3) is 0.321. The van der Waals surface area contributed by atoms with Gasteiger partial charge in [0, 0.05) is 5.02 Å². The topological polar surface area (TPSA) is 66.5 Å². The van der Waals surface area contributed by atoms with Crippen LogP contribution in [0.5, 0.6) is 0 Å². The summed E-state index contributed by atoms with van der Waals surface area (Å²) in [6.45, 7) is 3.43. The molecule has 0 bridgehead atoms. The van der Waals surface area contributed by atoms with Crippen LogP contribution in [0.15, 0.2) is 71.6 Å². The average molecular weight is 511 g/mol. The second-order valence-electron chi connectivity index (χ2n) is 8.97. The van der Waals surface area contributed by atoms with Gasteiger partial charge in [0.05, 0.1) is 16.6 Å². The summed E-state index contributed by atoms with van der Waals surface area (Å²) in [7, 11) is -3.99. The lowest BCUT2D eigenvalue weighted by Crippen LogP contribution is -2.42. The Kier molecular flexibility index (Phi) is 7.82. The van der Waals surface area contributed by atoms with Gasteiger partial charge >= 0.3 is 0 Å². The van der Waals surface area contributed by atoms with E-state index in [1.807, 2.05) is 6.92 Å². The second kappa shape index (κ2) is 10.8. The van der Waals surface area contributed by atoms with Gasteiger partial charge in [0.1, 0.15) is 6.54 Å². The van der Waals surface area contributed by atoms with Crippen LogP contribution in [0.1, 0.15) is 54.5 Å². The van der Waals surface area contributed by atoms with Crippen molar-refractivity contribution in [2.75, 3.05) is 10.8 Å². The third-order valence-corrected chi connectivity index (χ3v) is 8.83. The van der Waals surface area contributed by atoms with Crippen LogP contribution in [0.25, 0.3) is 0 Å². The number of carbonyl (C=O) groups excluding carboxylic acids is 1. The van der Waals surface area contributed by atoms with E-state index in [-0.39, 0.29) is 23.4 Å². The van der Waals surface area contributed by atoms with E-state index in [4.69, 9.17) is 11.6 Å². The molecule has 1 N–H and O–H groups in total. The lowest BCUT2D eigenvalue weighted by atomic mass is 9.89. The van der Waals surface area contributed by atoms with Gasteiger partial charge in [-0.15, -0.1) is 0 Å². The van der Waals surface area contributed by atoms with Crippen LogP contribution in [-0.4, -0.2) is 20.9 Å². The van der Waals surface area contributed by atoms with Crippen molar-refractivity contribution < 1.29 is 13.2 Å². The molecule has 1 aliphatic carbocycles. The zero-order valence-corrected chi connectivity index (χ0v) is 21.7. The number of halogens is 1. The van der Waals surface area contributed by atoms with E-state index in [0.717, 1.165) is 22.7 Å². The Balaban J connectivity index is 1.62. The predicted octanol–water partition coefficient (Wildman–Crippen LogP) is 5.99. The number of nitrogens with one attached hydrogen (secondary N) is 1. The molecule has 0 unspecified atom stereocenters. The highest BCUT2D eigenvalue weighted by Crippen LogP contribution is 2.31. The van der Waals surface area contributed by atoms with Crippen molar-refractivity contribution in [3.63, 3.8) is 0 Å². The zero-order valence-electron chi connectivity index (χ0n) is 20.1. The number of rotatable bonds is 8. The van der Waals surface area contributed by atoms with Gasteiger partial charge in [-0.3, -0.25) is 9.10 Å². The lowest BCUT2D eigenvalue weighted by Gasteiger charge is -2.27. The molecule has 184 valence electrons. The van der Waals surface area contributed by atoms with Crippen LogP contribution < -0.4 is 9.62 Å². The molecule has 0 saturated carbocycles. The van der Waals surface area contributed by atoms with Gasteiger partial charge in [0.2, 0.25) is 5.91 Å². The summed E-state index contributed by atoms with van der Waals surface area (Å²) in [5.41, 5.74) is 4.78.